The Kier molecular flexibility index (Phi) is 3.31. The van der Waals surface area contributed by atoms with Crippen LogP contribution in [0.2, 0.25) is 0 Å². The molecule has 3 heteroatoms. The van der Waals surface area contributed by atoms with Crippen LogP contribution in [0.25, 0.3) is 22.4 Å². The minimum absolute atomic E-state index is 0.814. The monoisotopic (exact) mass is 300 g/mol. The van der Waals surface area contributed by atoms with Gasteiger partial charge in [-0.2, -0.15) is 0 Å². The van der Waals surface area contributed by atoms with Gasteiger partial charge in [0.25, 0.3) is 0 Å². The van der Waals surface area contributed by atoms with E-state index in [2.05, 4.69) is 16.9 Å². The van der Waals surface area contributed by atoms with Gasteiger partial charge in [0.1, 0.15) is 17.3 Å². The second-order valence-electron chi connectivity index (χ2n) is 5.54. The maximum absolute atomic E-state index is 5.85. The van der Waals surface area contributed by atoms with Crippen molar-refractivity contribution < 1.29 is 4.74 Å². The van der Waals surface area contributed by atoms with Crippen molar-refractivity contribution in [2.24, 2.45) is 0 Å². The number of aromatic nitrogens is 2. The molecule has 0 atom stereocenters. The maximum atomic E-state index is 5.85. The Morgan fingerprint density at radius 3 is 2.13 bits per heavy atom. The highest BCUT2D eigenvalue weighted by molar-refractivity contribution is 5.79. The van der Waals surface area contributed by atoms with Crippen molar-refractivity contribution in [1.82, 2.24) is 9.97 Å². The molecule has 0 radical (unpaired) electrons. The number of hydrogen-bond acceptors (Lipinski definition) is 2. The van der Waals surface area contributed by atoms with Crippen molar-refractivity contribution in [1.29, 1.82) is 0 Å². The number of ether oxygens (including phenoxy) is 1. The summed E-state index contributed by atoms with van der Waals surface area (Å²) in [6.45, 7) is 2.06. The molecule has 0 bridgehead atoms. The standard InChI is InChI=1S/C20H16N2O/c1-14-6-10-16(11-7-14)23-17-12-8-15(9-13-17)20-21-18-4-2-3-5-19(18)22-20/h2-13H,1H3,(H,21,22). The number of hydrogen-bond donors (Lipinski definition) is 1. The molecule has 0 saturated carbocycles. The summed E-state index contributed by atoms with van der Waals surface area (Å²) < 4.78 is 5.85. The zero-order chi connectivity index (χ0) is 15.6. The van der Waals surface area contributed by atoms with Gasteiger partial charge in [-0.15, -0.1) is 0 Å². The van der Waals surface area contributed by atoms with Gasteiger partial charge in [-0.05, 0) is 55.5 Å². The van der Waals surface area contributed by atoms with Crippen LogP contribution < -0.4 is 4.74 Å². The summed E-state index contributed by atoms with van der Waals surface area (Å²) in [6.07, 6.45) is 0. The number of benzene rings is 3. The van der Waals surface area contributed by atoms with Crippen LogP contribution in [0.4, 0.5) is 0 Å². The first kappa shape index (κ1) is 13.6. The lowest BCUT2D eigenvalue weighted by Gasteiger charge is -2.06. The molecule has 0 spiro atoms. The number of aryl methyl sites for hydroxylation is 1. The van der Waals surface area contributed by atoms with Crippen LogP contribution in [0.5, 0.6) is 11.5 Å². The molecule has 1 heterocycles. The van der Waals surface area contributed by atoms with Gasteiger partial charge in [0.2, 0.25) is 0 Å². The number of fused-ring (bicyclic) bond motifs is 1. The highest BCUT2D eigenvalue weighted by Gasteiger charge is 2.05. The number of nitrogens with one attached hydrogen (secondary N) is 1. The van der Waals surface area contributed by atoms with Gasteiger partial charge in [-0.25, -0.2) is 4.98 Å². The van der Waals surface area contributed by atoms with Crippen molar-refractivity contribution in [2.75, 3.05) is 0 Å². The number of H-pyrrole nitrogens is 1. The van der Waals surface area contributed by atoms with Crippen LogP contribution in [0.1, 0.15) is 5.56 Å². The zero-order valence-corrected chi connectivity index (χ0v) is 12.8. The Labute approximate surface area is 134 Å². The molecular formula is C20H16N2O. The number of imidazole rings is 1. The first-order chi connectivity index (χ1) is 11.3. The maximum Gasteiger partial charge on any atom is 0.138 e. The van der Waals surface area contributed by atoms with Crippen LogP contribution in [0.15, 0.2) is 72.8 Å². The zero-order valence-electron chi connectivity index (χ0n) is 12.8. The minimum Gasteiger partial charge on any atom is -0.457 e. The van der Waals surface area contributed by atoms with E-state index >= 15 is 0 Å². The number of nitrogens with zero attached hydrogens (tertiary/aromatic N) is 1. The van der Waals surface area contributed by atoms with Gasteiger partial charge >= 0.3 is 0 Å². The fourth-order valence-electron chi connectivity index (χ4n) is 2.51. The van der Waals surface area contributed by atoms with Gasteiger partial charge in [0, 0.05) is 5.56 Å². The topological polar surface area (TPSA) is 37.9 Å². The molecule has 4 rings (SSSR count). The summed E-state index contributed by atoms with van der Waals surface area (Å²) in [6, 6.07) is 24.0. The summed E-state index contributed by atoms with van der Waals surface area (Å²) >= 11 is 0. The normalized spacial score (nSPS) is 10.8. The Bertz CT molecular complexity index is 904. The predicted molar refractivity (Wildman–Crippen MR) is 92.8 cm³/mol. The van der Waals surface area contributed by atoms with Crippen LogP contribution >= 0.6 is 0 Å². The summed E-state index contributed by atoms with van der Waals surface area (Å²) in [5.74, 6) is 2.52. The lowest BCUT2D eigenvalue weighted by atomic mass is 10.2. The molecule has 0 saturated heterocycles. The second kappa shape index (κ2) is 5.61. The van der Waals surface area contributed by atoms with E-state index in [0.717, 1.165) is 33.9 Å². The minimum atomic E-state index is 0.814. The molecule has 0 aliphatic rings. The molecule has 112 valence electrons. The van der Waals surface area contributed by atoms with Crippen molar-refractivity contribution in [2.45, 2.75) is 6.92 Å². The average molecular weight is 300 g/mol. The third-order valence-electron chi connectivity index (χ3n) is 3.77. The largest absolute Gasteiger partial charge is 0.457 e. The molecular weight excluding hydrogens is 284 g/mol. The summed E-state index contributed by atoms with van der Waals surface area (Å²) in [5, 5.41) is 0. The molecule has 0 fully saturated rings. The summed E-state index contributed by atoms with van der Waals surface area (Å²) in [5.41, 5.74) is 4.28. The Morgan fingerprint density at radius 2 is 1.43 bits per heavy atom. The van der Waals surface area contributed by atoms with E-state index in [4.69, 9.17) is 4.74 Å². The molecule has 3 aromatic carbocycles. The van der Waals surface area contributed by atoms with Gasteiger partial charge in [-0.1, -0.05) is 29.8 Å². The highest BCUT2D eigenvalue weighted by Crippen LogP contribution is 2.26. The van der Waals surface area contributed by atoms with E-state index < -0.39 is 0 Å². The molecule has 1 aromatic heterocycles. The van der Waals surface area contributed by atoms with E-state index in [1.807, 2.05) is 72.8 Å². The third-order valence-corrected chi connectivity index (χ3v) is 3.77. The molecule has 0 amide bonds. The van der Waals surface area contributed by atoms with Crippen molar-refractivity contribution in [3.05, 3.63) is 78.4 Å². The van der Waals surface area contributed by atoms with E-state index in [0.29, 0.717) is 0 Å². The lowest BCUT2D eigenvalue weighted by Crippen LogP contribution is -1.85. The number of aromatic amines is 1. The van der Waals surface area contributed by atoms with Crippen LogP contribution in [-0.4, -0.2) is 9.97 Å². The van der Waals surface area contributed by atoms with Crippen molar-refractivity contribution in [3.8, 4) is 22.9 Å². The molecule has 23 heavy (non-hydrogen) atoms. The quantitative estimate of drug-likeness (QED) is 0.555. The van der Waals surface area contributed by atoms with E-state index in [1.165, 1.54) is 5.56 Å². The second-order valence-corrected chi connectivity index (χ2v) is 5.54. The molecule has 3 nitrogen and oxygen atoms in total. The lowest BCUT2D eigenvalue weighted by molar-refractivity contribution is 0.482. The molecule has 0 unspecified atom stereocenters. The Morgan fingerprint density at radius 1 is 0.783 bits per heavy atom. The summed E-state index contributed by atoms with van der Waals surface area (Å²) in [4.78, 5) is 7.95. The SMILES string of the molecule is Cc1ccc(Oc2ccc(-c3nc4ccccc4[nH]3)cc2)cc1. The van der Waals surface area contributed by atoms with Crippen LogP contribution in [-0.2, 0) is 0 Å². The van der Waals surface area contributed by atoms with E-state index in [-0.39, 0.29) is 0 Å². The predicted octanol–water partition coefficient (Wildman–Crippen LogP) is 5.33. The number of para-hydroxylation sites is 2. The van der Waals surface area contributed by atoms with Crippen LogP contribution in [0.3, 0.4) is 0 Å². The summed E-state index contributed by atoms with van der Waals surface area (Å²) in [7, 11) is 0. The smallest absolute Gasteiger partial charge is 0.138 e. The first-order valence-corrected chi connectivity index (χ1v) is 7.58. The van der Waals surface area contributed by atoms with Gasteiger partial charge in [-0.3, -0.25) is 0 Å². The van der Waals surface area contributed by atoms with Crippen LogP contribution in [0, 0.1) is 6.92 Å². The van der Waals surface area contributed by atoms with E-state index in [1.54, 1.807) is 0 Å². The van der Waals surface area contributed by atoms with Gasteiger partial charge in [0.05, 0.1) is 11.0 Å². The Hall–Kier alpha value is -3.07. The molecule has 0 aliphatic carbocycles. The average Bonchev–Trinajstić information content (AvgIpc) is 3.02. The molecule has 1 N–H and O–H groups in total. The Balaban J connectivity index is 1.58. The van der Waals surface area contributed by atoms with Crippen molar-refractivity contribution in [3.63, 3.8) is 0 Å². The fraction of sp³-hybridized carbons (Fsp3) is 0.0500. The first-order valence-electron chi connectivity index (χ1n) is 7.58. The van der Waals surface area contributed by atoms with Gasteiger partial charge in [0.15, 0.2) is 0 Å². The third kappa shape index (κ3) is 2.81. The molecule has 4 aromatic rings. The van der Waals surface area contributed by atoms with Gasteiger partial charge < -0.3 is 9.72 Å². The molecule has 0 aliphatic heterocycles. The van der Waals surface area contributed by atoms with Crippen molar-refractivity contribution >= 4 is 11.0 Å². The fourth-order valence-corrected chi connectivity index (χ4v) is 2.51. The highest BCUT2D eigenvalue weighted by atomic mass is 16.5. The number of rotatable bonds is 3. The van der Waals surface area contributed by atoms with E-state index in [9.17, 15) is 0 Å².